The van der Waals surface area contributed by atoms with Crippen LogP contribution in [0.15, 0.2) is 199 Å². The Bertz CT molecular complexity index is 3420. The van der Waals surface area contributed by atoms with Crippen LogP contribution in [0.3, 0.4) is 0 Å². The summed E-state index contributed by atoms with van der Waals surface area (Å²) in [6.45, 7) is 16.1. The summed E-state index contributed by atoms with van der Waals surface area (Å²) >= 11 is 0. The number of fused-ring (bicyclic) bond motifs is 6. The molecule has 6 heterocycles. The number of pyridine rings is 3. The zero-order valence-electron chi connectivity index (χ0n) is 38.4. The lowest BCUT2D eigenvalue weighted by Crippen LogP contribution is -2.00. The van der Waals surface area contributed by atoms with Gasteiger partial charge in [-0.3, -0.25) is 19.9 Å². The second-order valence-corrected chi connectivity index (χ2v) is 14.7. The van der Waals surface area contributed by atoms with Gasteiger partial charge in [-0.1, -0.05) is 107 Å². The van der Waals surface area contributed by atoms with E-state index >= 15 is 0 Å². The zero-order chi connectivity index (χ0) is 46.6. The third-order valence-corrected chi connectivity index (χ3v) is 11.1. The van der Waals surface area contributed by atoms with E-state index in [4.69, 9.17) is 9.97 Å². The molecule has 322 valence electrons. The van der Waals surface area contributed by atoms with E-state index in [0.717, 1.165) is 106 Å². The number of aryl methyl sites for hydroxylation is 1. The van der Waals surface area contributed by atoms with Crippen molar-refractivity contribution < 1.29 is 0 Å². The van der Waals surface area contributed by atoms with Gasteiger partial charge in [0.25, 0.3) is 0 Å². The van der Waals surface area contributed by atoms with E-state index in [1.165, 1.54) is 0 Å². The Morgan fingerprint density at radius 3 is 2.15 bits per heavy atom. The molecule has 66 heavy (non-hydrogen) atoms. The molecule has 0 bridgehead atoms. The Balaban J connectivity index is 0.00000104. The van der Waals surface area contributed by atoms with Crippen molar-refractivity contribution in [3.05, 3.63) is 222 Å². The number of benzene rings is 3. The molecule has 3 aromatic carbocycles. The lowest BCUT2D eigenvalue weighted by molar-refractivity contribution is 1.09. The van der Waals surface area contributed by atoms with Crippen molar-refractivity contribution in [3.8, 4) is 35.3 Å². The number of hydrogen-bond acceptors (Lipinski definition) is 4. The highest BCUT2D eigenvalue weighted by atomic mass is 15.0. The van der Waals surface area contributed by atoms with Crippen LogP contribution >= 0.6 is 0 Å². The molecule has 6 heteroatoms. The summed E-state index contributed by atoms with van der Waals surface area (Å²) in [6.07, 6.45) is 35.6. The van der Waals surface area contributed by atoms with Gasteiger partial charge >= 0.3 is 0 Å². The van der Waals surface area contributed by atoms with E-state index in [1.54, 1.807) is 12.3 Å². The Morgan fingerprint density at radius 1 is 0.697 bits per heavy atom. The average Bonchev–Trinajstić information content (AvgIpc) is 3.63. The van der Waals surface area contributed by atoms with Crippen LogP contribution < -0.4 is 0 Å². The van der Waals surface area contributed by atoms with Crippen LogP contribution in [-0.4, -0.2) is 30.3 Å². The number of nitrogens with zero attached hydrogens (tertiary/aromatic N) is 6. The molecule has 5 aromatic heterocycles. The lowest BCUT2D eigenvalue weighted by Gasteiger charge is -2.14. The Kier molecular flexibility index (Phi) is 14.6. The van der Waals surface area contributed by atoms with Crippen LogP contribution in [0.2, 0.25) is 0 Å². The molecule has 0 radical (unpaired) electrons. The van der Waals surface area contributed by atoms with E-state index in [2.05, 4.69) is 154 Å². The first-order valence-corrected chi connectivity index (χ1v) is 22.3. The highest BCUT2D eigenvalue weighted by molar-refractivity contribution is 6.10. The van der Waals surface area contributed by atoms with Crippen molar-refractivity contribution in [2.75, 3.05) is 0 Å². The van der Waals surface area contributed by atoms with Crippen LogP contribution in [0.5, 0.6) is 0 Å². The van der Waals surface area contributed by atoms with Gasteiger partial charge in [0, 0.05) is 81.2 Å². The lowest BCUT2D eigenvalue weighted by atomic mass is 9.94. The molecule has 0 fully saturated rings. The molecule has 0 saturated heterocycles. The Hall–Kier alpha value is -8.58. The zero-order valence-corrected chi connectivity index (χ0v) is 38.4. The number of aromatic nitrogens is 5. The molecule has 1 aliphatic heterocycles. The fourth-order valence-corrected chi connectivity index (χ4v) is 8.41. The first kappa shape index (κ1) is 45.4. The molecular formula is C60H52N6. The predicted molar refractivity (Wildman–Crippen MR) is 282 cm³/mol. The number of aliphatic imine (C=N–C) groups is 1. The Labute approximate surface area is 388 Å². The second kappa shape index (κ2) is 21.2. The SMILES string of the molecule is C#C.C=C/C=C(\C=C/C)C1=CC(c2ccc3c(c2C)c2ncccc2n3-c2cccc(-n3c4c(c5ncccc53)C=C=C(c3cncc(-c5ccccc5)c3)C=C4)c2)=C=CN=C1.CC.CC. The minimum absolute atomic E-state index is 0.916. The van der Waals surface area contributed by atoms with Crippen molar-refractivity contribution in [1.82, 2.24) is 24.1 Å². The van der Waals surface area contributed by atoms with Gasteiger partial charge < -0.3 is 9.13 Å². The summed E-state index contributed by atoms with van der Waals surface area (Å²) in [6, 6.07) is 33.9. The maximum Gasteiger partial charge on any atom is 0.0969 e. The molecular weight excluding hydrogens is 805 g/mol. The molecule has 1 aliphatic carbocycles. The normalized spacial score (nSPS) is 12.7. The van der Waals surface area contributed by atoms with Gasteiger partial charge in [0.2, 0.25) is 0 Å². The second-order valence-electron chi connectivity index (χ2n) is 14.7. The highest BCUT2D eigenvalue weighted by Gasteiger charge is 2.21. The maximum absolute atomic E-state index is 4.98. The average molecular weight is 857 g/mol. The molecule has 0 saturated carbocycles. The summed E-state index contributed by atoms with van der Waals surface area (Å²) in [5.74, 6) is 0. The quantitative estimate of drug-likeness (QED) is 0.0869. The summed E-state index contributed by atoms with van der Waals surface area (Å²) in [5, 5.41) is 1.10. The standard InChI is InChI=1S/C54H38N6.2C2H6.C2H2/c1-4-12-37(13-5-2)41-30-40(26-29-55-33-41)46-23-25-49-52(36(46)3)54-51(19-11-28-58-54)60(49)45-17-9-16-44(32-45)59-48-24-21-39(20-22-47(48)53-50(59)18-10-27-57-53)43-31-42(34-56-35-43)38-14-7-6-8-15-38;3*1-2/h4-19,21-25,27-35H,1H2,2-3H3;2*1-2H3;1-2H/b13-5-,37-12+;;;. The van der Waals surface area contributed by atoms with Gasteiger partial charge in [-0.05, 0) is 115 Å². The van der Waals surface area contributed by atoms with Gasteiger partial charge in [0.1, 0.15) is 0 Å². The molecule has 0 amide bonds. The number of rotatable bonds is 8. The molecule has 2 aliphatic rings. The fraction of sp³-hybridized carbons (Fsp3) is 0.100. The van der Waals surface area contributed by atoms with E-state index in [-0.39, 0.29) is 0 Å². The largest absolute Gasteiger partial charge is 0.308 e. The third kappa shape index (κ3) is 8.69. The number of allylic oxidation sites excluding steroid dienone is 10. The van der Waals surface area contributed by atoms with Crippen molar-refractivity contribution in [1.29, 1.82) is 0 Å². The monoisotopic (exact) mass is 856 g/mol. The Morgan fingerprint density at radius 2 is 1.41 bits per heavy atom. The summed E-state index contributed by atoms with van der Waals surface area (Å²) < 4.78 is 4.62. The van der Waals surface area contributed by atoms with Crippen LogP contribution in [0.1, 0.15) is 62.6 Å². The van der Waals surface area contributed by atoms with Crippen molar-refractivity contribution in [2.24, 2.45) is 4.99 Å². The van der Waals surface area contributed by atoms with Crippen LogP contribution in [0.4, 0.5) is 0 Å². The van der Waals surface area contributed by atoms with Crippen LogP contribution in [-0.2, 0) is 0 Å². The van der Waals surface area contributed by atoms with Crippen molar-refractivity contribution in [2.45, 2.75) is 41.5 Å². The van der Waals surface area contributed by atoms with Gasteiger partial charge in [0.15, 0.2) is 0 Å². The summed E-state index contributed by atoms with van der Waals surface area (Å²) in [4.78, 5) is 19.0. The van der Waals surface area contributed by atoms with E-state index in [1.807, 2.05) is 108 Å². The molecule has 0 unspecified atom stereocenters. The molecule has 8 aromatic rings. The number of terminal acetylenes is 1. The minimum Gasteiger partial charge on any atom is -0.308 e. The smallest absolute Gasteiger partial charge is 0.0969 e. The molecule has 10 rings (SSSR count). The van der Waals surface area contributed by atoms with Crippen LogP contribution in [0, 0.1) is 19.8 Å². The van der Waals surface area contributed by atoms with Gasteiger partial charge in [0.05, 0.1) is 39.5 Å². The van der Waals surface area contributed by atoms with Crippen molar-refractivity contribution in [3.63, 3.8) is 0 Å². The van der Waals surface area contributed by atoms with E-state index in [9.17, 15) is 0 Å². The first-order chi connectivity index (χ1) is 32.6. The predicted octanol–water partition coefficient (Wildman–Crippen LogP) is 15.1. The van der Waals surface area contributed by atoms with E-state index < -0.39 is 0 Å². The topological polar surface area (TPSA) is 60.9 Å². The fourth-order valence-electron chi connectivity index (χ4n) is 8.41. The maximum atomic E-state index is 4.98. The minimum atomic E-state index is 0.916. The first-order valence-electron chi connectivity index (χ1n) is 22.3. The van der Waals surface area contributed by atoms with Gasteiger partial charge in [-0.2, -0.15) is 0 Å². The van der Waals surface area contributed by atoms with Crippen LogP contribution in [0.25, 0.3) is 78.8 Å². The molecule has 6 nitrogen and oxygen atoms in total. The highest BCUT2D eigenvalue weighted by Crippen LogP contribution is 2.39. The molecule has 0 atom stereocenters. The number of hydrogen-bond donors (Lipinski definition) is 0. The third-order valence-electron chi connectivity index (χ3n) is 11.1. The molecule has 0 spiro atoms. The van der Waals surface area contributed by atoms with Crippen molar-refractivity contribution >= 4 is 62.5 Å². The summed E-state index contributed by atoms with van der Waals surface area (Å²) in [5.41, 5.74) is 25.4. The van der Waals surface area contributed by atoms with E-state index in [0.29, 0.717) is 0 Å². The van der Waals surface area contributed by atoms with Gasteiger partial charge in [-0.25, -0.2) is 0 Å². The molecule has 0 N–H and O–H groups in total. The summed E-state index contributed by atoms with van der Waals surface area (Å²) in [7, 11) is 0. The van der Waals surface area contributed by atoms with Gasteiger partial charge in [-0.15, -0.1) is 18.6 Å².